The highest BCUT2D eigenvalue weighted by molar-refractivity contribution is 7.92. The lowest BCUT2D eigenvalue weighted by molar-refractivity contribution is 0.0344. The summed E-state index contributed by atoms with van der Waals surface area (Å²) in [4.78, 5) is 17.3. The van der Waals surface area contributed by atoms with E-state index in [2.05, 4.69) is 16.7 Å². The zero-order valence-electron chi connectivity index (χ0n) is 20.9. The Hall–Kier alpha value is -2.69. The first kappa shape index (κ1) is 26.4. The third-order valence-electron chi connectivity index (χ3n) is 6.80. The summed E-state index contributed by atoms with van der Waals surface area (Å²) >= 11 is 0. The summed E-state index contributed by atoms with van der Waals surface area (Å²) in [5, 5.41) is 9.82. The van der Waals surface area contributed by atoms with Gasteiger partial charge in [-0.1, -0.05) is 6.92 Å². The average molecular weight is 520 g/mol. The van der Waals surface area contributed by atoms with Crippen LogP contribution in [0, 0.1) is 17.7 Å². The van der Waals surface area contributed by atoms with Gasteiger partial charge in [-0.05, 0) is 75.2 Å². The molecule has 196 valence electrons. The summed E-state index contributed by atoms with van der Waals surface area (Å²) in [7, 11) is -1.92. The van der Waals surface area contributed by atoms with Crippen LogP contribution in [-0.2, 0) is 10.0 Å². The number of carbonyl (C=O) groups is 1. The molecule has 3 atom stereocenters. The Balaban J connectivity index is 1.64. The molecule has 10 heteroatoms. The lowest BCUT2D eigenvalue weighted by Gasteiger charge is -2.38. The van der Waals surface area contributed by atoms with Crippen molar-refractivity contribution in [1.29, 1.82) is 0 Å². The molecule has 1 saturated carbocycles. The van der Waals surface area contributed by atoms with Gasteiger partial charge in [0.25, 0.3) is 15.9 Å². The molecule has 0 radical (unpaired) electrons. The topological polar surface area (TPSA) is 99.2 Å². The van der Waals surface area contributed by atoms with Crippen LogP contribution < -0.4 is 9.46 Å². The Morgan fingerprint density at radius 2 is 1.89 bits per heavy atom. The van der Waals surface area contributed by atoms with Gasteiger partial charge in [0.1, 0.15) is 17.7 Å². The Kier molecular flexibility index (Phi) is 7.87. The van der Waals surface area contributed by atoms with E-state index in [-0.39, 0.29) is 40.7 Å². The molecule has 1 aliphatic carbocycles. The van der Waals surface area contributed by atoms with E-state index >= 15 is 0 Å². The molecule has 2 aliphatic rings. The number of rotatable bonds is 9. The van der Waals surface area contributed by atoms with Crippen molar-refractivity contribution in [1.82, 2.24) is 9.80 Å². The lowest BCUT2D eigenvalue weighted by atomic mass is 9.99. The van der Waals surface area contributed by atoms with Crippen molar-refractivity contribution in [2.45, 2.75) is 43.7 Å². The molecule has 1 amide bonds. The minimum atomic E-state index is -4.00. The van der Waals surface area contributed by atoms with Gasteiger partial charge < -0.3 is 19.6 Å². The maximum atomic E-state index is 13.5. The molecule has 0 unspecified atom stereocenters. The van der Waals surface area contributed by atoms with E-state index in [9.17, 15) is 22.7 Å². The smallest absolute Gasteiger partial charge is 0.261 e. The number of likely N-dealkylation sites (N-methyl/N-ethyl adjacent to an activating group) is 1. The van der Waals surface area contributed by atoms with E-state index in [1.807, 2.05) is 6.92 Å². The Bertz CT molecular complexity index is 1190. The molecule has 0 spiro atoms. The Labute approximate surface area is 212 Å². The third-order valence-corrected chi connectivity index (χ3v) is 8.20. The summed E-state index contributed by atoms with van der Waals surface area (Å²) in [5.74, 6) is 0.231. The lowest BCUT2D eigenvalue weighted by Crippen LogP contribution is -2.50. The summed E-state index contributed by atoms with van der Waals surface area (Å²) < 4.78 is 47.7. The van der Waals surface area contributed by atoms with Crippen LogP contribution in [0.15, 0.2) is 47.4 Å². The van der Waals surface area contributed by atoms with Gasteiger partial charge in [-0.2, -0.15) is 0 Å². The molecule has 4 rings (SSSR count). The molecule has 0 saturated heterocycles. The van der Waals surface area contributed by atoms with Crippen LogP contribution in [0.1, 0.15) is 37.0 Å². The van der Waals surface area contributed by atoms with Crippen LogP contribution in [-0.4, -0.2) is 74.7 Å². The van der Waals surface area contributed by atoms with Crippen molar-refractivity contribution in [2.24, 2.45) is 11.8 Å². The number of carbonyl (C=O) groups excluding carboxylic acids is 1. The van der Waals surface area contributed by atoms with E-state index in [1.165, 1.54) is 31.0 Å². The molecular weight excluding hydrogens is 485 g/mol. The second-order valence-electron chi connectivity index (χ2n) is 10.1. The minimum absolute atomic E-state index is 0.00871. The van der Waals surface area contributed by atoms with Crippen LogP contribution in [0.4, 0.5) is 10.1 Å². The summed E-state index contributed by atoms with van der Waals surface area (Å²) in [5.41, 5.74) is 0.402. The van der Waals surface area contributed by atoms with Gasteiger partial charge in [-0.15, -0.1) is 0 Å². The number of nitrogens with zero attached hydrogens (tertiary/aromatic N) is 2. The van der Waals surface area contributed by atoms with E-state index in [0.717, 1.165) is 24.6 Å². The van der Waals surface area contributed by atoms with Crippen LogP contribution >= 0.6 is 0 Å². The monoisotopic (exact) mass is 519 g/mol. The first-order valence-corrected chi connectivity index (χ1v) is 13.7. The number of amides is 1. The van der Waals surface area contributed by atoms with Gasteiger partial charge in [0.05, 0.1) is 23.1 Å². The van der Waals surface area contributed by atoms with Gasteiger partial charge >= 0.3 is 0 Å². The van der Waals surface area contributed by atoms with Crippen LogP contribution in [0.5, 0.6) is 5.75 Å². The van der Waals surface area contributed by atoms with Gasteiger partial charge in [0.2, 0.25) is 0 Å². The molecule has 2 aromatic rings. The van der Waals surface area contributed by atoms with Gasteiger partial charge in [0, 0.05) is 31.2 Å². The number of hydrogen-bond donors (Lipinski definition) is 2. The highest BCUT2D eigenvalue weighted by Gasteiger charge is 2.34. The highest BCUT2D eigenvalue weighted by Crippen LogP contribution is 2.33. The Morgan fingerprint density at radius 3 is 2.53 bits per heavy atom. The summed E-state index contributed by atoms with van der Waals surface area (Å²) in [6, 6.07) is 8.67. The van der Waals surface area contributed by atoms with Gasteiger partial charge in [-0.3, -0.25) is 9.52 Å². The molecule has 1 fully saturated rings. The number of aliphatic hydroxyl groups is 1. The van der Waals surface area contributed by atoms with Crippen molar-refractivity contribution in [3.63, 3.8) is 0 Å². The number of anilines is 1. The molecule has 1 aliphatic heterocycles. The second kappa shape index (κ2) is 10.7. The summed E-state index contributed by atoms with van der Waals surface area (Å²) in [6.45, 7) is 5.70. The molecule has 2 N–H and O–H groups in total. The molecule has 0 aromatic heterocycles. The normalized spacial score (nSPS) is 21.4. The maximum Gasteiger partial charge on any atom is 0.261 e. The van der Waals surface area contributed by atoms with E-state index in [0.29, 0.717) is 18.8 Å². The van der Waals surface area contributed by atoms with Crippen molar-refractivity contribution in [2.75, 3.05) is 38.0 Å². The first-order chi connectivity index (χ1) is 17.1. The quantitative estimate of drug-likeness (QED) is 0.528. The number of nitrogens with one attached hydrogen (secondary N) is 1. The van der Waals surface area contributed by atoms with Crippen LogP contribution in [0.25, 0.3) is 0 Å². The molecule has 2 aromatic carbocycles. The average Bonchev–Trinajstić information content (AvgIpc) is 3.65. The Morgan fingerprint density at radius 1 is 1.19 bits per heavy atom. The fraction of sp³-hybridized carbons (Fsp3) is 0.500. The van der Waals surface area contributed by atoms with Crippen LogP contribution in [0.3, 0.4) is 0 Å². The van der Waals surface area contributed by atoms with E-state index in [1.54, 1.807) is 24.0 Å². The number of sulfonamides is 1. The number of fused-ring (bicyclic) bond motifs is 1. The molecule has 8 nitrogen and oxygen atoms in total. The van der Waals surface area contributed by atoms with Crippen molar-refractivity contribution in [3.05, 3.63) is 53.8 Å². The number of benzene rings is 2. The second-order valence-corrected chi connectivity index (χ2v) is 11.7. The van der Waals surface area contributed by atoms with Crippen molar-refractivity contribution in [3.8, 4) is 5.75 Å². The fourth-order valence-electron chi connectivity index (χ4n) is 4.45. The van der Waals surface area contributed by atoms with Crippen LogP contribution in [0.2, 0.25) is 0 Å². The van der Waals surface area contributed by atoms with E-state index < -0.39 is 21.9 Å². The SMILES string of the molecule is C[C@@H]1CN([C@H](C)CO)C(=O)c2cc(NS(=O)(=O)c3ccc(F)cc3)ccc2O[C@H]1CN(C)CC1CC1. The number of hydrogen-bond acceptors (Lipinski definition) is 6. The van der Waals surface area contributed by atoms with Crippen molar-refractivity contribution < 1.29 is 27.4 Å². The standard InChI is InChI=1S/C26H34FN3O5S/c1-17-13-30(18(2)16-31)26(32)23-12-21(28-36(33,34)22-9-6-20(27)7-10-22)8-11-24(23)35-25(17)15-29(3)14-19-4-5-19/h6-12,17-19,25,28,31H,4-5,13-16H2,1-3H3/t17-,18-,25+/m1/s1. The molecular formula is C26H34FN3O5S. The fourth-order valence-corrected chi connectivity index (χ4v) is 5.50. The van der Waals surface area contributed by atoms with E-state index in [4.69, 9.17) is 4.74 Å². The predicted octanol–water partition coefficient (Wildman–Crippen LogP) is 3.19. The largest absolute Gasteiger partial charge is 0.488 e. The van der Waals surface area contributed by atoms with Gasteiger partial charge in [0.15, 0.2) is 0 Å². The van der Waals surface area contributed by atoms with Gasteiger partial charge in [-0.25, -0.2) is 12.8 Å². The predicted molar refractivity (Wildman–Crippen MR) is 135 cm³/mol. The zero-order valence-corrected chi connectivity index (χ0v) is 21.7. The maximum absolute atomic E-state index is 13.5. The van der Waals surface area contributed by atoms with Crippen molar-refractivity contribution >= 4 is 21.6 Å². The number of halogens is 1. The third kappa shape index (κ3) is 6.16. The molecule has 1 heterocycles. The number of ether oxygens (including phenoxy) is 1. The number of aliphatic hydroxyl groups excluding tert-OH is 1. The molecule has 0 bridgehead atoms. The minimum Gasteiger partial charge on any atom is -0.488 e. The first-order valence-electron chi connectivity index (χ1n) is 12.3. The zero-order chi connectivity index (χ0) is 26.0. The highest BCUT2D eigenvalue weighted by atomic mass is 32.2. The summed E-state index contributed by atoms with van der Waals surface area (Å²) in [6.07, 6.45) is 2.30. The molecule has 36 heavy (non-hydrogen) atoms.